The van der Waals surface area contributed by atoms with Gasteiger partial charge >= 0.3 is 6.09 Å². The van der Waals surface area contributed by atoms with Gasteiger partial charge < -0.3 is 19.6 Å². The number of nitrogens with one attached hydrogen (secondary N) is 1. The van der Waals surface area contributed by atoms with Crippen molar-refractivity contribution in [1.82, 2.24) is 4.98 Å². The molecule has 0 unspecified atom stereocenters. The van der Waals surface area contributed by atoms with Gasteiger partial charge in [-0.3, -0.25) is 5.32 Å². The van der Waals surface area contributed by atoms with Crippen LogP contribution in [-0.2, 0) is 4.74 Å². The van der Waals surface area contributed by atoms with Crippen LogP contribution in [0.3, 0.4) is 0 Å². The number of carbonyl (C=O) groups excluding carboxylic acids is 1. The van der Waals surface area contributed by atoms with Crippen LogP contribution in [0.4, 0.5) is 16.5 Å². The molecule has 1 heterocycles. The number of amides is 1. The van der Waals surface area contributed by atoms with E-state index in [0.29, 0.717) is 22.8 Å². The molecule has 1 aromatic carbocycles. The van der Waals surface area contributed by atoms with E-state index in [1.54, 1.807) is 46.1 Å². The second kappa shape index (κ2) is 5.97. The molecule has 3 N–H and O–H groups in total. The lowest BCUT2D eigenvalue weighted by atomic mass is 10.1. The van der Waals surface area contributed by atoms with E-state index in [1.807, 2.05) is 0 Å². The van der Waals surface area contributed by atoms with E-state index >= 15 is 0 Å². The van der Waals surface area contributed by atoms with Crippen LogP contribution in [0, 0.1) is 0 Å². The molecule has 2 rings (SSSR count). The first-order valence-corrected chi connectivity index (χ1v) is 6.68. The van der Waals surface area contributed by atoms with Crippen LogP contribution in [-0.4, -0.2) is 23.8 Å². The van der Waals surface area contributed by atoms with Crippen molar-refractivity contribution in [1.29, 1.82) is 0 Å². The van der Waals surface area contributed by atoms with E-state index < -0.39 is 11.7 Å². The molecular formula is C15H19N3O4. The van der Waals surface area contributed by atoms with Gasteiger partial charge in [0.15, 0.2) is 5.76 Å². The largest absolute Gasteiger partial charge is 0.497 e. The number of hydrogen-bond donors (Lipinski definition) is 2. The molecule has 0 aliphatic heterocycles. The summed E-state index contributed by atoms with van der Waals surface area (Å²) in [5, 5.41) is 2.68. The molecule has 0 atom stereocenters. The van der Waals surface area contributed by atoms with E-state index in [0.717, 1.165) is 0 Å². The summed E-state index contributed by atoms with van der Waals surface area (Å²) < 4.78 is 15.7. The number of rotatable bonds is 3. The number of aromatic nitrogens is 1. The summed E-state index contributed by atoms with van der Waals surface area (Å²) in [4.78, 5) is 15.8. The van der Waals surface area contributed by atoms with Gasteiger partial charge in [0.1, 0.15) is 11.4 Å². The van der Waals surface area contributed by atoms with Crippen molar-refractivity contribution in [3.05, 3.63) is 24.4 Å². The fourth-order valence-electron chi connectivity index (χ4n) is 1.79. The minimum atomic E-state index is -0.590. The van der Waals surface area contributed by atoms with Crippen LogP contribution < -0.4 is 15.8 Å². The molecule has 0 radical (unpaired) electrons. The van der Waals surface area contributed by atoms with Crippen molar-refractivity contribution < 1.29 is 18.7 Å². The molecule has 7 nitrogen and oxygen atoms in total. The third kappa shape index (κ3) is 3.91. The highest BCUT2D eigenvalue weighted by atomic mass is 16.6. The van der Waals surface area contributed by atoms with Crippen molar-refractivity contribution in [2.75, 3.05) is 18.2 Å². The van der Waals surface area contributed by atoms with Crippen LogP contribution >= 0.6 is 0 Å². The summed E-state index contributed by atoms with van der Waals surface area (Å²) in [5.41, 5.74) is 6.01. The summed E-state index contributed by atoms with van der Waals surface area (Å²) in [6, 6.07) is 5.17. The van der Waals surface area contributed by atoms with Gasteiger partial charge in [-0.2, -0.15) is 0 Å². The molecule has 0 aliphatic rings. The number of anilines is 2. The van der Waals surface area contributed by atoms with Crippen LogP contribution in [0.2, 0.25) is 0 Å². The molecule has 0 aliphatic carbocycles. The second-order valence-electron chi connectivity index (χ2n) is 5.60. The summed E-state index contributed by atoms with van der Waals surface area (Å²) >= 11 is 0. The highest BCUT2D eigenvalue weighted by molar-refractivity contribution is 5.91. The van der Waals surface area contributed by atoms with E-state index in [2.05, 4.69) is 10.3 Å². The first-order valence-electron chi connectivity index (χ1n) is 6.68. The van der Waals surface area contributed by atoms with Gasteiger partial charge in [-0.05, 0) is 39.0 Å². The van der Waals surface area contributed by atoms with Gasteiger partial charge in [-0.1, -0.05) is 0 Å². The minimum Gasteiger partial charge on any atom is -0.497 e. The van der Waals surface area contributed by atoms with E-state index in [-0.39, 0.29) is 6.01 Å². The number of oxazole rings is 1. The highest BCUT2D eigenvalue weighted by Gasteiger charge is 2.19. The zero-order valence-electron chi connectivity index (χ0n) is 13.0. The van der Waals surface area contributed by atoms with Gasteiger partial charge in [0.2, 0.25) is 0 Å². The third-order valence-electron chi connectivity index (χ3n) is 2.65. The zero-order chi connectivity index (χ0) is 16.3. The molecule has 0 saturated carbocycles. The van der Waals surface area contributed by atoms with E-state index in [1.165, 1.54) is 6.20 Å². The van der Waals surface area contributed by atoms with Crippen molar-refractivity contribution in [2.24, 2.45) is 0 Å². The molecule has 0 spiro atoms. The first-order chi connectivity index (χ1) is 10.3. The molecule has 1 amide bonds. The number of methoxy groups -OCH3 is 1. The summed E-state index contributed by atoms with van der Waals surface area (Å²) in [7, 11) is 1.55. The van der Waals surface area contributed by atoms with E-state index in [9.17, 15) is 4.79 Å². The molecule has 2 aromatic rings. The molecule has 0 saturated heterocycles. The molecule has 118 valence electrons. The summed E-state index contributed by atoms with van der Waals surface area (Å²) in [6.07, 6.45) is 0.913. The maximum atomic E-state index is 11.9. The minimum absolute atomic E-state index is 0.0426. The fraction of sp³-hybridized carbons (Fsp3) is 0.333. The van der Waals surface area contributed by atoms with Gasteiger partial charge in [-0.25, -0.2) is 9.78 Å². The Morgan fingerprint density at radius 2 is 2.09 bits per heavy atom. The smallest absolute Gasteiger partial charge is 0.412 e. The van der Waals surface area contributed by atoms with Gasteiger partial charge in [0.25, 0.3) is 6.01 Å². The molecule has 22 heavy (non-hydrogen) atoms. The number of carbonyl (C=O) groups is 1. The summed E-state index contributed by atoms with van der Waals surface area (Å²) in [5.74, 6) is 1.03. The zero-order valence-corrected chi connectivity index (χ0v) is 13.0. The quantitative estimate of drug-likeness (QED) is 0.902. The van der Waals surface area contributed by atoms with Crippen molar-refractivity contribution >= 4 is 17.8 Å². The lowest BCUT2D eigenvalue weighted by Gasteiger charge is -2.20. The Hall–Kier alpha value is -2.70. The monoisotopic (exact) mass is 305 g/mol. The van der Waals surface area contributed by atoms with E-state index in [4.69, 9.17) is 19.6 Å². The number of nitrogens with two attached hydrogens (primary N) is 1. The molecule has 1 aromatic heterocycles. The lowest BCUT2D eigenvalue weighted by molar-refractivity contribution is 0.0636. The van der Waals surface area contributed by atoms with Crippen LogP contribution in [0.5, 0.6) is 5.75 Å². The van der Waals surface area contributed by atoms with Crippen molar-refractivity contribution in [3.63, 3.8) is 0 Å². The number of ether oxygens (including phenoxy) is 2. The molecular weight excluding hydrogens is 286 g/mol. The molecule has 0 fully saturated rings. The van der Waals surface area contributed by atoms with Gasteiger partial charge in [0.05, 0.1) is 19.0 Å². The Bertz CT molecular complexity index is 674. The van der Waals surface area contributed by atoms with Crippen LogP contribution in [0.25, 0.3) is 11.3 Å². The second-order valence-corrected chi connectivity index (χ2v) is 5.60. The molecule has 0 bridgehead atoms. The Morgan fingerprint density at radius 3 is 2.64 bits per heavy atom. The SMILES string of the molecule is COc1ccc(NC(=O)OC(C)(C)C)c(-c2cnc(N)o2)c1. The predicted octanol–water partition coefficient (Wildman–Crippen LogP) is 3.28. The van der Waals surface area contributed by atoms with Gasteiger partial charge in [0, 0.05) is 5.56 Å². The van der Waals surface area contributed by atoms with Crippen LogP contribution in [0.1, 0.15) is 20.8 Å². The highest BCUT2D eigenvalue weighted by Crippen LogP contribution is 2.33. The Morgan fingerprint density at radius 1 is 1.36 bits per heavy atom. The number of hydrogen-bond acceptors (Lipinski definition) is 6. The van der Waals surface area contributed by atoms with Crippen LogP contribution in [0.15, 0.2) is 28.8 Å². The third-order valence-corrected chi connectivity index (χ3v) is 2.65. The fourth-order valence-corrected chi connectivity index (χ4v) is 1.79. The maximum Gasteiger partial charge on any atom is 0.412 e. The van der Waals surface area contributed by atoms with Crippen molar-refractivity contribution in [3.8, 4) is 17.1 Å². The normalized spacial score (nSPS) is 11.1. The number of nitrogen functional groups attached to an aromatic ring is 1. The predicted molar refractivity (Wildman–Crippen MR) is 82.8 cm³/mol. The Kier molecular flexibility index (Phi) is 4.25. The number of benzene rings is 1. The Balaban J connectivity index is 2.33. The van der Waals surface area contributed by atoms with Gasteiger partial charge in [-0.15, -0.1) is 0 Å². The Labute approximate surface area is 128 Å². The lowest BCUT2D eigenvalue weighted by Crippen LogP contribution is -2.27. The molecule has 7 heteroatoms. The summed E-state index contributed by atoms with van der Waals surface area (Å²) in [6.45, 7) is 5.37. The average molecular weight is 305 g/mol. The maximum absolute atomic E-state index is 11.9. The topological polar surface area (TPSA) is 99.6 Å². The number of nitrogens with zero attached hydrogens (tertiary/aromatic N) is 1. The van der Waals surface area contributed by atoms with Crippen molar-refractivity contribution in [2.45, 2.75) is 26.4 Å². The standard InChI is InChI=1S/C15H19N3O4/c1-15(2,3)22-14(19)18-11-6-5-9(20-4)7-10(11)12-8-17-13(16)21-12/h5-8H,1-4H3,(H2,16,17)(H,18,19). The average Bonchev–Trinajstić information content (AvgIpc) is 2.83. The first kappa shape index (κ1) is 15.7.